The van der Waals surface area contributed by atoms with Crippen LogP contribution < -0.4 is 0 Å². The van der Waals surface area contributed by atoms with Crippen molar-refractivity contribution in [3.8, 4) is 0 Å². The van der Waals surface area contributed by atoms with Crippen LogP contribution in [0.1, 0.15) is 0 Å². The molecule has 0 saturated heterocycles. The van der Waals surface area contributed by atoms with Gasteiger partial charge in [0, 0.05) is 11.5 Å². The molecule has 1 heterocycles. The maximum Gasteiger partial charge on any atom is 0.304 e. The predicted octanol–water partition coefficient (Wildman–Crippen LogP) is 2.06. The smallest absolute Gasteiger partial charge is 0.281 e. The summed E-state index contributed by atoms with van der Waals surface area (Å²) >= 11 is 0.680. The van der Waals surface area contributed by atoms with E-state index in [4.69, 9.17) is 4.55 Å². The van der Waals surface area contributed by atoms with Crippen molar-refractivity contribution in [1.29, 1.82) is 0 Å². The second-order valence-electron chi connectivity index (χ2n) is 2.99. The number of hydrogen-bond acceptors (Lipinski definition) is 5. The second-order valence-corrected chi connectivity index (χ2v) is 5.69. The molecule has 6 nitrogen and oxygen atoms in total. The fraction of sp³-hybridized carbons (Fsp3) is 0. The highest BCUT2D eigenvalue weighted by atomic mass is 32.3. The van der Waals surface area contributed by atoms with Crippen LogP contribution in [0.3, 0.4) is 0 Å². The Labute approximate surface area is 94.0 Å². The number of nitro groups is 1. The Bertz CT molecular complexity index is 673. The molecule has 0 aliphatic rings. The largest absolute Gasteiger partial charge is 0.304 e. The zero-order valence-electron chi connectivity index (χ0n) is 7.65. The maximum absolute atomic E-state index is 10.9. The van der Waals surface area contributed by atoms with Crippen LogP contribution in [0.25, 0.3) is 10.1 Å². The first-order valence-corrected chi connectivity index (χ1v) is 6.29. The summed E-state index contributed by atoms with van der Waals surface area (Å²) in [7, 11) is -4.31. The lowest BCUT2D eigenvalue weighted by Crippen LogP contribution is -1.93. The van der Waals surface area contributed by atoms with Gasteiger partial charge in [-0.1, -0.05) is 12.1 Å². The van der Waals surface area contributed by atoms with Crippen LogP contribution in [-0.2, 0) is 10.1 Å². The molecule has 0 spiro atoms. The van der Waals surface area contributed by atoms with Crippen molar-refractivity contribution in [3.63, 3.8) is 0 Å². The van der Waals surface area contributed by atoms with Crippen molar-refractivity contribution in [2.45, 2.75) is 4.21 Å². The molecule has 1 aromatic heterocycles. The van der Waals surface area contributed by atoms with E-state index in [-0.39, 0.29) is 14.6 Å². The van der Waals surface area contributed by atoms with Crippen molar-refractivity contribution in [3.05, 3.63) is 34.4 Å². The molecule has 0 aliphatic heterocycles. The summed E-state index contributed by atoms with van der Waals surface area (Å²) in [5.41, 5.74) is -0.169. The SMILES string of the molecule is O=[N+]([O-])c1cccc2cc(S(=O)(=O)O)sc12. The molecule has 1 aromatic carbocycles. The van der Waals surface area contributed by atoms with Gasteiger partial charge in [-0.05, 0) is 6.07 Å². The standard InChI is InChI=1S/C8H5NO5S2/c10-9(11)6-3-1-2-5-4-7(15-8(5)6)16(12,13)14/h1-4H,(H,12,13,14). The summed E-state index contributed by atoms with van der Waals surface area (Å²) in [4.78, 5) is 10.1. The summed E-state index contributed by atoms with van der Waals surface area (Å²) in [6, 6.07) is 5.50. The molecule has 0 radical (unpaired) electrons. The van der Waals surface area contributed by atoms with Gasteiger partial charge in [-0.2, -0.15) is 8.42 Å². The van der Waals surface area contributed by atoms with Crippen LogP contribution in [0, 0.1) is 10.1 Å². The Morgan fingerprint density at radius 2 is 2.06 bits per heavy atom. The first kappa shape index (κ1) is 11.0. The molecule has 0 bridgehead atoms. The zero-order chi connectivity index (χ0) is 11.9. The van der Waals surface area contributed by atoms with E-state index in [0.717, 1.165) is 0 Å². The zero-order valence-corrected chi connectivity index (χ0v) is 9.29. The fourth-order valence-corrected chi connectivity index (χ4v) is 3.12. The third-order valence-corrected chi connectivity index (χ3v) is 4.43. The number of nitrogens with zero attached hydrogens (tertiary/aromatic N) is 1. The van der Waals surface area contributed by atoms with Gasteiger partial charge < -0.3 is 0 Å². The normalized spacial score (nSPS) is 11.8. The van der Waals surface area contributed by atoms with Crippen molar-refractivity contribution >= 4 is 37.2 Å². The van der Waals surface area contributed by atoms with Crippen LogP contribution >= 0.6 is 11.3 Å². The van der Waals surface area contributed by atoms with Gasteiger partial charge in [0.25, 0.3) is 5.69 Å². The summed E-state index contributed by atoms with van der Waals surface area (Å²) < 4.78 is 30.5. The quantitative estimate of drug-likeness (QED) is 0.505. The van der Waals surface area contributed by atoms with E-state index < -0.39 is 15.0 Å². The first-order valence-electron chi connectivity index (χ1n) is 4.04. The van der Waals surface area contributed by atoms with Crippen molar-refractivity contribution in [2.24, 2.45) is 0 Å². The van der Waals surface area contributed by atoms with Crippen LogP contribution in [0.15, 0.2) is 28.5 Å². The molecule has 16 heavy (non-hydrogen) atoms. The highest BCUT2D eigenvalue weighted by molar-refractivity contribution is 7.88. The highest BCUT2D eigenvalue weighted by Crippen LogP contribution is 2.35. The van der Waals surface area contributed by atoms with E-state index in [0.29, 0.717) is 16.7 Å². The molecule has 0 atom stereocenters. The molecule has 2 aromatic rings. The molecule has 2 rings (SSSR count). The first-order chi connectivity index (χ1) is 7.39. The van der Waals surface area contributed by atoms with E-state index in [1.165, 1.54) is 18.2 Å². The molecule has 0 unspecified atom stereocenters. The van der Waals surface area contributed by atoms with Gasteiger partial charge in [-0.15, -0.1) is 11.3 Å². The lowest BCUT2D eigenvalue weighted by atomic mass is 10.2. The highest BCUT2D eigenvalue weighted by Gasteiger charge is 2.19. The van der Waals surface area contributed by atoms with E-state index >= 15 is 0 Å². The van der Waals surface area contributed by atoms with Crippen molar-refractivity contribution < 1.29 is 17.9 Å². The van der Waals surface area contributed by atoms with Gasteiger partial charge in [0.15, 0.2) is 0 Å². The average molecular weight is 259 g/mol. The number of thiophene rings is 1. The molecule has 84 valence electrons. The van der Waals surface area contributed by atoms with Crippen molar-refractivity contribution in [2.75, 3.05) is 0 Å². The Balaban J connectivity index is 2.81. The lowest BCUT2D eigenvalue weighted by molar-refractivity contribution is -0.382. The molecule has 8 heteroatoms. The molecule has 0 saturated carbocycles. The second kappa shape index (κ2) is 3.51. The number of non-ortho nitro benzene ring substituents is 1. The molecule has 1 N–H and O–H groups in total. The number of fused-ring (bicyclic) bond motifs is 1. The van der Waals surface area contributed by atoms with Crippen molar-refractivity contribution in [1.82, 2.24) is 0 Å². The number of benzene rings is 1. The van der Waals surface area contributed by atoms with E-state index in [1.54, 1.807) is 6.07 Å². The van der Waals surface area contributed by atoms with Gasteiger partial charge in [0.05, 0.1) is 4.92 Å². The van der Waals surface area contributed by atoms with E-state index in [2.05, 4.69) is 0 Å². The molecule has 0 fully saturated rings. The minimum Gasteiger partial charge on any atom is -0.281 e. The minimum absolute atomic E-state index is 0.169. The summed E-state index contributed by atoms with van der Waals surface area (Å²) in [6.07, 6.45) is 0. The predicted molar refractivity (Wildman–Crippen MR) is 58.3 cm³/mol. The third kappa shape index (κ3) is 1.77. The third-order valence-electron chi connectivity index (χ3n) is 1.95. The van der Waals surface area contributed by atoms with Crippen LogP contribution in [-0.4, -0.2) is 17.9 Å². The Morgan fingerprint density at radius 3 is 2.62 bits per heavy atom. The van der Waals surface area contributed by atoms with Crippen LogP contribution in [0.2, 0.25) is 0 Å². The maximum atomic E-state index is 10.9. The molecule has 0 amide bonds. The fourth-order valence-electron chi connectivity index (χ4n) is 1.29. The van der Waals surface area contributed by atoms with Crippen LogP contribution in [0.4, 0.5) is 5.69 Å². The Kier molecular flexibility index (Phi) is 2.41. The van der Waals surface area contributed by atoms with Gasteiger partial charge in [0.2, 0.25) is 0 Å². The summed E-state index contributed by atoms with van der Waals surface area (Å²) in [5.74, 6) is 0. The number of hydrogen-bond donors (Lipinski definition) is 1. The molecular formula is C8H5NO5S2. The topological polar surface area (TPSA) is 97.5 Å². The Morgan fingerprint density at radius 1 is 1.38 bits per heavy atom. The van der Waals surface area contributed by atoms with E-state index in [1.807, 2.05) is 0 Å². The average Bonchev–Trinajstić information content (AvgIpc) is 2.59. The minimum atomic E-state index is -4.31. The van der Waals surface area contributed by atoms with Gasteiger partial charge in [-0.3, -0.25) is 14.7 Å². The van der Waals surface area contributed by atoms with Gasteiger partial charge in [-0.25, -0.2) is 0 Å². The summed E-state index contributed by atoms with van der Waals surface area (Å²) in [5, 5.41) is 11.1. The Hall–Kier alpha value is -1.51. The molecular weight excluding hydrogens is 254 g/mol. The summed E-state index contributed by atoms with van der Waals surface area (Å²) in [6.45, 7) is 0. The lowest BCUT2D eigenvalue weighted by Gasteiger charge is -1.91. The van der Waals surface area contributed by atoms with E-state index in [9.17, 15) is 18.5 Å². The monoisotopic (exact) mass is 259 g/mol. The molecule has 0 aliphatic carbocycles. The number of rotatable bonds is 2. The number of nitro benzene ring substituents is 1. The van der Waals surface area contributed by atoms with Crippen LogP contribution in [0.5, 0.6) is 0 Å². The van der Waals surface area contributed by atoms with Gasteiger partial charge in [0.1, 0.15) is 8.91 Å². The van der Waals surface area contributed by atoms with Gasteiger partial charge >= 0.3 is 10.1 Å².